The maximum absolute atomic E-state index is 5.18. The number of nitrogens with two attached hydrogens (primary N) is 1. The van der Waals surface area contributed by atoms with Crippen LogP contribution >= 0.6 is 0 Å². The third-order valence-corrected chi connectivity index (χ3v) is 3.90. The Hall–Kier alpha value is -3.05. The SMILES string of the molecule is C[NH2+]/C=C\C=C/C/C(C)=N/N(C)c1ccc(Nc2ccc(OC)cc2)cc1. The van der Waals surface area contributed by atoms with E-state index in [2.05, 4.69) is 28.6 Å². The molecule has 2 aromatic rings. The number of ether oxygens (including phenoxy) is 1. The Morgan fingerprint density at radius 3 is 2.30 bits per heavy atom. The first-order valence-corrected chi connectivity index (χ1v) is 9.02. The van der Waals surface area contributed by atoms with Gasteiger partial charge in [0.2, 0.25) is 0 Å². The van der Waals surface area contributed by atoms with Crippen molar-refractivity contribution >= 4 is 22.8 Å². The molecule has 0 saturated heterocycles. The van der Waals surface area contributed by atoms with Crippen molar-refractivity contribution in [3.63, 3.8) is 0 Å². The fraction of sp³-hybridized carbons (Fsp3) is 0.227. The molecule has 142 valence electrons. The van der Waals surface area contributed by atoms with Crippen LogP contribution in [-0.4, -0.2) is 26.9 Å². The van der Waals surface area contributed by atoms with Crippen molar-refractivity contribution < 1.29 is 10.1 Å². The standard InChI is InChI=1S/C22H28N4O/c1-18(8-6-5-7-17-23-2)25-26(3)21-13-9-19(10-14-21)24-20-11-15-22(27-4)16-12-20/h5-7,9-17,23-24H,8H2,1-4H3/p+1/b6-5-,17-7-,25-18+. The van der Waals surface area contributed by atoms with Crippen LogP contribution < -0.4 is 20.4 Å². The number of anilines is 3. The summed E-state index contributed by atoms with van der Waals surface area (Å²) in [6.07, 6.45) is 9.00. The Morgan fingerprint density at radius 2 is 1.70 bits per heavy atom. The van der Waals surface area contributed by atoms with Crippen molar-refractivity contribution in [2.24, 2.45) is 5.10 Å². The number of methoxy groups -OCH3 is 1. The summed E-state index contributed by atoms with van der Waals surface area (Å²) >= 11 is 0. The summed E-state index contributed by atoms with van der Waals surface area (Å²) < 4.78 is 5.18. The van der Waals surface area contributed by atoms with Crippen LogP contribution in [0.4, 0.5) is 17.1 Å². The van der Waals surface area contributed by atoms with Gasteiger partial charge in [0.15, 0.2) is 0 Å². The minimum Gasteiger partial charge on any atom is -0.497 e. The van der Waals surface area contributed by atoms with E-state index in [9.17, 15) is 0 Å². The van der Waals surface area contributed by atoms with Gasteiger partial charge in [-0.2, -0.15) is 5.10 Å². The average molecular weight is 366 g/mol. The van der Waals surface area contributed by atoms with Crippen molar-refractivity contribution in [2.75, 3.05) is 31.5 Å². The lowest BCUT2D eigenvalue weighted by Gasteiger charge is -2.15. The Bertz CT molecular complexity index is 777. The minimum absolute atomic E-state index is 0.829. The number of nitrogens with zero attached hydrogens (tertiary/aromatic N) is 2. The highest BCUT2D eigenvalue weighted by atomic mass is 16.5. The highest BCUT2D eigenvalue weighted by Crippen LogP contribution is 2.22. The van der Waals surface area contributed by atoms with Crippen molar-refractivity contribution in [3.05, 3.63) is 73.0 Å². The lowest BCUT2D eigenvalue weighted by molar-refractivity contribution is -0.556. The molecule has 2 rings (SSSR count). The Kier molecular flexibility index (Phi) is 8.13. The van der Waals surface area contributed by atoms with E-state index in [1.54, 1.807) is 7.11 Å². The average Bonchev–Trinajstić information content (AvgIpc) is 2.69. The summed E-state index contributed by atoms with van der Waals surface area (Å²) in [7, 11) is 5.63. The summed E-state index contributed by atoms with van der Waals surface area (Å²) in [5, 5.41) is 11.9. The van der Waals surface area contributed by atoms with Gasteiger partial charge >= 0.3 is 0 Å². The lowest BCUT2D eigenvalue weighted by Crippen LogP contribution is -2.72. The first kappa shape index (κ1) is 20.3. The van der Waals surface area contributed by atoms with Crippen LogP contribution in [0.1, 0.15) is 13.3 Å². The summed E-state index contributed by atoms with van der Waals surface area (Å²) in [4.78, 5) is 0. The molecule has 0 aliphatic rings. The fourth-order valence-electron chi connectivity index (χ4n) is 2.45. The molecule has 0 aliphatic carbocycles. The van der Waals surface area contributed by atoms with E-state index in [-0.39, 0.29) is 0 Å². The van der Waals surface area contributed by atoms with E-state index in [4.69, 9.17) is 4.74 Å². The molecule has 0 aliphatic heterocycles. The molecule has 0 fully saturated rings. The number of allylic oxidation sites excluding steroid dienone is 3. The number of rotatable bonds is 9. The minimum atomic E-state index is 0.829. The largest absolute Gasteiger partial charge is 0.497 e. The normalized spacial score (nSPS) is 11.9. The molecule has 27 heavy (non-hydrogen) atoms. The van der Waals surface area contributed by atoms with E-state index >= 15 is 0 Å². The van der Waals surface area contributed by atoms with Crippen LogP contribution in [0.15, 0.2) is 78.1 Å². The molecule has 0 unspecified atom stereocenters. The topological polar surface area (TPSA) is 53.5 Å². The van der Waals surface area contributed by atoms with Gasteiger partial charge in [0.1, 0.15) is 5.75 Å². The van der Waals surface area contributed by atoms with Gasteiger partial charge in [-0.25, -0.2) is 0 Å². The Morgan fingerprint density at radius 1 is 1.07 bits per heavy atom. The number of hydrazone groups is 1. The van der Waals surface area contributed by atoms with E-state index in [1.165, 1.54) is 0 Å². The summed E-state index contributed by atoms with van der Waals surface area (Å²) in [6, 6.07) is 16.1. The van der Waals surface area contributed by atoms with Crippen LogP contribution in [0.3, 0.4) is 0 Å². The first-order valence-electron chi connectivity index (χ1n) is 9.02. The monoisotopic (exact) mass is 365 g/mol. The van der Waals surface area contributed by atoms with Gasteiger partial charge in [-0.1, -0.05) is 12.2 Å². The molecule has 0 bridgehead atoms. The smallest absolute Gasteiger partial charge is 0.119 e. The molecule has 0 saturated carbocycles. The van der Waals surface area contributed by atoms with Gasteiger partial charge in [-0.05, 0) is 61.5 Å². The number of hydrogen-bond donors (Lipinski definition) is 2. The molecule has 2 aromatic carbocycles. The molecular weight excluding hydrogens is 336 g/mol. The lowest BCUT2D eigenvalue weighted by atomic mass is 10.2. The zero-order valence-electron chi connectivity index (χ0n) is 16.5. The third-order valence-electron chi connectivity index (χ3n) is 3.90. The molecular formula is C22H29N4O+. The maximum atomic E-state index is 5.18. The van der Waals surface area contributed by atoms with Gasteiger partial charge in [0.05, 0.1) is 26.0 Å². The van der Waals surface area contributed by atoms with Crippen molar-refractivity contribution in [1.82, 2.24) is 0 Å². The Labute approximate surface area is 162 Å². The zero-order chi connectivity index (χ0) is 19.5. The predicted molar refractivity (Wildman–Crippen MR) is 115 cm³/mol. The van der Waals surface area contributed by atoms with Gasteiger partial charge in [0, 0.05) is 30.6 Å². The summed E-state index contributed by atoms with van der Waals surface area (Å²) in [6.45, 7) is 2.04. The second kappa shape index (κ2) is 10.8. The van der Waals surface area contributed by atoms with Crippen LogP contribution in [-0.2, 0) is 0 Å². The number of quaternary nitrogens is 1. The molecule has 5 heteroatoms. The first-order chi connectivity index (χ1) is 13.1. The quantitative estimate of drug-likeness (QED) is 0.402. The fourth-order valence-corrected chi connectivity index (χ4v) is 2.45. The van der Waals surface area contributed by atoms with Gasteiger partial charge in [0.25, 0.3) is 0 Å². The highest BCUT2D eigenvalue weighted by Gasteiger charge is 2.01. The van der Waals surface area contributed by atoms with Crippen molar-refractivity contribution in [1.29, 1.82) is 0 Å². The molecule has 5 nitrogen and oxygen atoms in total. The summed E-state index contributed by atoms with van der Waals surface area (Å²) in [5.41, 5.74) is 4.15. The molecule has 0 heterocycles. The van der Waals surface area contributed by atoms with Crippen LogP contribution in [0, 0.1) is 0 Å². The second-order valence-electron chi connectivity index (χ2n) is 6.11. The number of benzene rings is 2. The molecule has 0 radical (unpaired) electrons. The Balaban J connectivity index is 1.93. The van der Waals surface area contributed by atoms with E-state index in [1.807, 2.05) is 86.1 Å². The van der Waals surface area contributed by atoms with Crippen molar-refractivity contribution in [3.8, 4) is 5.75 Å². The molecule has 0 amide bonds. The maximum Gasteiger partial charge on any atom is 0.119 e. The van der Waals surface area contributed by atoms with Gasteiger partial charge in [-0.3, -0.25) is 5.01 Å². The zero-order valence-corrected chi connectivity index (χ0v) is 16.5. The van der Waals surface area contributed by atoms with Crippen LogP contribution in [0.2, 0.25) is 0 Å². The van der Waals surface area contributed by atoms with E-state index in [0.29, 0.717) is 0 Å². The molecule has 0 spiro atoms. The van der Waals surface area contributed by atoms with Crippen LogP contribution in [0.5, 0.6) is 5.75 Å². The molecule has 3 N–H and O–H groups in total. The second-order valence-corrected chi connectivity index (χ2v) is 6.11. The summed E-state index contributed by atoms with van der Waals surface area (Å²) in [5.74, 6) is 0.848. The van der Waals surface area contributed by atoms with Gasteiger partial charge < -0.3 is 15.4 Å². The number of hydrogen-bond acceptors (Lipinski definition) is 4. The van der Waals surface area contributed by atoms with Crippen molar-refractivity contribution in [2.45, 2.75) is 13.3 Å². The molecule has 0 atom stereocenters. The van der Waals surface area contributed by atoms with Gasteiger partial charge in [-0.15, -0.1) is 0 Å². The van der Waals surface area contributed by atoms with Crippen LogP contribution in [0.25, 0.3) is 0 Å². The molecule has 0 aromatic heterocycles. The predicted octanol–water partition coefficient (Wildman–Crippen LogP) is 3.90. The van der Waals surface area contributed by atoms with E-state index < -0.39 is 0 Å². The third kappa shape index (κ3) is 6.99. The van der Waals surface area contributed by atoms with E-state index in [0.717, 1.165) is 34.9 Å². The number of nitrogens with one attached hydrogen (secondary N) is 1. The highest BCUT2D eigenvalue weighted by molar-refractivity contribution is 5.84.